The van der Waals surface area contributed by atoms with Crippen molar-refractivity contribution in [3.05, 3.63) is 29.3 Å². The first-order valence-electron chi connectivity index (χ1n) is 11.3. The molecule has 2 heterocycles. The fourth-order valence-corrected chi connectivity index (χ4v) is 5.36. The number of thioether (sulfide) groups is 1. The summed E-state index contributed by atoms with van der Waals surface area (Å²) < 4.78 is 44.4. The van der Waals surface area contributed by atoms with Gasteiger partial charge in [0.2, 0.25) is 5.91 Å². The molecule has 4 nitrogen and oxygen atoms in total. The Morgan fingerprint density at radius 2 is 1.87 bits per heavy atom. The number of carbonyl (C=O) groups is 1. The molecule has 0 aromatic heterocycles. The Kier molecular flexibility index (Phi) is 8.70. The zero-order valence-corrected chi connectivity index (χ0v) is 19.2. The van der Waals surface area contributed by atoms with Crippen LogP contribution in [0.1, 0.15) is 63.5 Å². The van der Waals surface area contributed by atoms with Crippen molar-refractivity contribution in [3.8, 4) is 0 Å². The number of ether oxygens (including phenoxy) is 1. The van der Waals surface area contributed by atoms with Crippen LogP contribution >= 0.6 is 11.8 Å². The fourth-order valence-electron chi connectivity index (χ4n) is 4.37. The summed E-state index contributed by atoms with van der Waals surface area (Å²) in [5.41, 5.74) is -0.0583. The van der Waals surface area contributed by atoms with Crippen molar-refractivity contribution in [2.24, 2.45) is 5.92 Å². The molecule has 2 aliphatic heterocycles. The van der Waals surface area contributed by atoms with E-state index in [2.05, 4.69) is 19.2 Å². The second-order valence-electron chi connectivity index (χ2n) is 8.60. The number of nitrogens with one attached hydrogen (secondary N) is 1. The highest BCUT2D eigenvalue weighted by atomic mass is 32.2. The molecule has 1 aromatic carbocycles. The number of amides is 1. The molecular formula is C23H33F3N2O2S. The van der Waals surface area contributed by atoms with Crippen molar-refractivity contribution in [1.29, 1.82) is 0 Å². The normalized spacial score (nSPS) is 24.4. The van der Waals surface area contributed by atoms with Crippen molar-refractivity contribution >= 4 is 17.7 Å². The number of alkyl halides is 3. The average molecular weight is 459 g/mol. The Morgan fingerprint density at radius 1 is 1.16 bits per heavy atom. The molecule has 1 aromatic rings. The van der Waals surface area contributed by atoms with E-state index in [0.717, 1.165) is 56.3 Å². The highest BCUT2D eigenvalue weighted by Crippen LogP contribution is 2.37. The Bertz CT molecular complexity index is 738. The van der Waals surface area contributed by atoms with Gasteiger partial charge in [-0.3, -0.25) is 4.79 Å². The largest absolute Gasteiger partial charge is 0.416 e. The number of benzene rings is 1. The SMILES string of the molecule is CCC.O=C(C1CCC(NC2CCOCC2)C1)N1CSc2ccc(C(F)(F)F)cc2C1. The Balaban J connectivity index is 0.000000858. The van der Waals surface area contributed by atoms with E-state index < -0.39 is 11.7 Å². The third-order valence-electron chi connectivity index (χ3n) is 5.91. The summed E-state index contributed by atoms with van der Waals surface area (Å²) in [6, 6.07) is 4.64. The van der Waals surface area contributed by atoms with Crippen LogP contribution in [0, 0.1) is 5.92 Å². The second kappa shape index (κ2) is 11.1. The van der Waals surface area contributed by atoms with Crippen LogP contribution in [-0.2, 0) is 22.3 Å². The molecular weight excluding hydrogens is 425 g/mol. The molecule has 4 rings (SSSR count). The standard InChI is InChI=1S/C20H25F3N2O2S.C3H8/c21-20(22,23)15-2-4-18-14(9-15)11-25(12-28-18)19(26)13-1-3-17(10-13)24-16-5-7-27-8-6-16;1-3-2/h2,4,9,13,16-17,24H,1,3,5-8,10-12H2;3H2,1-2H3. The Hall–Kier alpha value is -1.25. The maximum absolute atomic E-state index is 13.0. The predicted molar refractivity (Wildman–Crippen MR) is 117 cm³/mol. The third-order valence-corrected chi connectivity index (χ3v) is 7.06. The van der Waals surface area contributed by atoms with Crippen molar-refractivity contribution in [3.63, 3.8) is 0 Å². The molecule has 1 saturated heterocycles. The van der Waals surface area contributed by atoms with Gasteiger partial charge in [-0.25, -0.2) is 0 Å². The molecule has 0 bridgehead atoms. The first-order chi connectivity index (χ1) is 14.8. The van der Waals surface area contributed by atoms with Crippen molar-refractivity contribution in [2.75, 3.05) is 19.1 Å². The number of rotatable bonds is 3. The molecule has 0 radical (unpaired) electrons. The zero-order chi connectivity index (χ0) is 22.4. The summed E-state index contributed by atoms with van der Waals surface area (Å²) >= 11 is 1.44. The van der Waals surface area contributed by atoms with Gasteiger partial charge in [0, 0.05) is 42.7 Å². The topological polar surface area (TPSA) is 41.6 Å². The van der Waals surface area contributed by atoms with Crippen LogP contribution in [0.25, 0.3) is 0 Å². The van der Waals surface area contributed by atoms with Crippen LogP contribution in [0.5, 0.6) is 0 Å². The van der Waals surface area contributed by atoms with Gasteiger partial charge in [-0.15, -0.1) is 11.8 Å². The molecule has 2 unspecified atom stereocenters. The van der Waals surface area contributed by atoms with Gasteiger partial charge in [-0.05, 0) is 55.9 Å². The van der Waals surface area contributed by atoms with Crippen LogP contribution in [-0.4, -0.2) is 42.0 Å². The third kappa shape index (κ3) is 6.62. The van der Waals surface area contributed by atoms with E-state index in [4.69, 9.17) is 4.74 Å². The van der Waals surface area contributed by atoms with Crippen molar-refractivity contribution in [1.82, 2.24) is 10.2 Å². The highest BCUT2D eigenvalue weighted by Gasteiger charge is 2.36. The van der Waals surface area contributed by atoms with E-state index in [1.807, 2.05) is 0 Å². The molecule has 0 spiro atoms. The van der Waals surface area contributed by atoms with Crippen LogP contribution in [0.2, 0.25) is 0 Å². The molecule has 1 saturated carbocycles. The molecule has 1 N–H and O–H groups in total. The van der Waals surface area contributed by atoms with E-state index in [1.54, 1.807) is 4.90 Å². The van der Waals surface area contributed by atoms with Crippen LogP contribution in [0.15, 0.2) is 23.1 Å². The van der Waals surface area contributed by atoms with Crippen LogP contribution in [0.4, 0.5) is 13.2 Å². The van der Waals surface area contributed by atoms with E-state index in [0.29, 0.717) is 23.5 Å². The van der Waals surface area contributed by atoms with E-state index >= 15 is 0 Å². The summed E-state index contributed by atoms with van der Waals surface area (Å²) in [5.74, 6) is 0.545. The molecule has 31 heavy (non-hydrogen) atoms. The quantitative estimate of drug-likeness (QED) is 0.654. The highest BCUT2D eigenvalue weighted by molar-refractivity contribution is 7.99. The zero-order valence-electron chi connectivity index (χ0n) is 18.3. The molecule has 1 amide bonds. The van der Waals surface area contributed by atoms with Crippen LogP contribution < -0.4 is 5.32 Å². The van der Waals surface area contributed by atoms with Gasteiger partial charge in [-0.2, -0.15) is 13.2 Å². The van der Waals surface area contributed by atoms with Crippen molar-refractivity contribution < 1.29 is 22.7 Å². The van der Waals surface area contributed by atoms with Gasteiger partial charge >= 0.3 is 6.18 Å². The van der Waals surface area contributed by atoms with E-state index in [9.17, 15) is 18.0 Å². The smallest absolute Gasteiger partial charge is 0.381 e. The number of halogens is 3. The first kappa shape index (κ1) is 24.4. The fraction of sp³-hybridized carbons (Fsp3) is 0.696. The lowest BCUT2D eigenvalue weighted by molar-refractivity contribution is -0.137. The Morgan fingerprint density at radius 3 is 2.55 bits per heavy atom. The molecule has 1 aliphatic carbocycles. The number of nitrogens with zero attached hydrogens (tertiary/aromatic N) is 1. The van der Waals surface area contributed by atoms with Gasteiger partial charge in [0.1, 0.15) is 0 Å². The lowest BCUT2D eigenvalue weighted by atomic mass is 10.0. The average Bonchev–Trinajstić information content (AvgIpc) is 3.21. The van der Waals surface area contributed by atoms with Crippen molar-refractivity contribution in [2.45, 2.75) is 82.1 Å². The minimum atomic E-state index is -4.36. The first-order valence-corrected chi connectivity index (χ1v) is 12.3. The summed E-state index contributed by atoms with van der Waals surface area (Å²) in [7, 11) is 0. The van der Waals surface area contributed by atoms with Crippen LogP contribution in [0.3, 0.4) is 0 Å². The molecule has 3 aliphatic rings. The molecule has 2 fully saturated rings. The molecule has 8 heteroatoms. The minimum absolute atomic E-state index is 0.0368. The maximum atomic E-state index is 13.0. The van der Waals surface area contributed by atoms with Gasteiger partial charge in [0.15, 0.2) is 0 Å². The summed E-state index contributed by atoms with van der Waals surface area (Å²) in [6.07, 6.45) is 1.54. The van der Waals surface area contributed by atoms with Gasteiger partial charge in [-0.1, -0.05) is 20.3 Å². The lowest BCUT2D eigenvalue weighted by Gasteiger charge is -2.31. The molecule has 2 atom stereocenters. The number of hydrogen-bond donors (Lipinski definition) is 1. The number of fused-ring (bicyclic) bond motifs is 1. The summed E-state index contributed by atoms with van der Waals surface area (Å²) in [5, 5.41) is 3.66. The minimum Gasteiger partial charge on any atom is -0.381 e. The number of carbonyl (C=O) groups excluding carboxylic acids is 1. The summed E-state index contributed by atoms with van der Waals surface area (Å²) in [6.45, 7) is 6.09. The monoisotopic (exact) mass is 458 g/mol. The van der Waals surface area contributed by atoms with Gasteiger partial charge in [0.05, 0.1) is 11.4 Å². The lowest BCUT2D eigenvalue weighted by Crippen LogP contribution is -2.41. The number of hydrogen-bond acceptors (Lipinski definition) is 4. The maximum Gasteiger partial charge on any atom is 0.416 e. The van der Waals surface area contributed by atoms with E-state index in [1.165, 1.54) is 30.3 Å². The Labute approximate surface area is 187 Å². The second-order valence-corrected chi connectivity index (χ2v) is 9.58. The predicted octanol–water partition coefficient (Wildman–Crippen LogP) is 5.45. The summed E-state index contributed by atoms with van der Waals surface area (Å²) in [4.78, 5) is 15.5. The van der Waals surface area contributed by atoms with Gasteiger partial charge < -0.3 is 15.0 Å². The van der Waals surface area contributed by atoms with E-state index in [-0.39, 0.29) is 18.4 Å². The van der Waals surface area contributed by atoms with Gasteiger partial charge in [0.25, 0.3) is 0 Å². The molecule has 174 valence electrons.